The normalized spacial score (nSPS) is 20.8. The molecule has 3 heterocycles. The van der Waals surface area contributed by atoms with Crippen LogP contribution in [0.2, 0.25) is 0 Å². The molecule has 3 aliphatic heterocycles. The van der Waals surface area contributed by atoms with Crippen molar-refractivity contribution in [1.82, 2.24) is 24.9 Å². The van der Waals surface area contributed by atoms with Crippen molar-refractivity contribution in [2.45, 2.75) is 43.3 Å². The number of nitrogens with zero attached hydrogens (tertiary/aromatic N) is 4. The maximum Gasteiger partial charge on any atom is 0.416 e. The zero-order valence-electron chi connectivity index (χ0n) is 30.6. The Labute approximate surface area is 323 Å². The van der Waals surface area contributed by atoms with Crippen LogP contribution in [-0.2, 0) is 38.3 Å². The van der Waals surface area contributed by atoms with Gasteiger partial charge in [0, 0.05) is 39.3 Å². The molecule has 290 valence electrons. The van der Waals surface area contributed by atoms with Crippen molar-refractivity contribution < 1.29 is 37.1 Å². The van der Waals surface area contributed by atoms with Gasteiger partial charge in [0.1, 0.15) is 12.6 Å². The average Bonchev–Trinajstić information content (AvgIpc) is 3.60. The topological polar surface area (TPSA) is 103 Å². The number of β-lactam (4-membered cyclic amide) rings is 1. The van der Waals surface area contributed by atoms with E-state index in [1.54, 1.807) is 17.1 Å². The number of halogens is 3. The molecule has 56 heavy (non-hydrogen) atoms. The molecule has 0 aromatic heterocycles. The van der Waals surface area contributed by atoms with Crippen LogP contribution in [0.3, 0.4) is 0 Å². The third-order valence-corrected chi connectivity index (χ3v) is 10.6. The number of amides is 4. The van der Waals surface area contributed by atoms with Crippen LogP contribution >= 0.6 is 0 Å². The molecule has 13 heteroatoms. The molecule has 4 atom stereocenters. The molecule has 1 unspecified atom stereocenters. The summed E-state index contributed by atoms with van der Waals surface area (Å²) in [5.41, 5.74) is 2.04. The van der Waals surface area contributed by atoms with Crippen molar-refractivity contribution in [3.63, 3.8) is 0 Å². The van der Waals surface area contributed by atoms with Crippen molar-refractivity contribution in [3.05, 3.63) is 149 Å². The Hall–Kier alpha value is -5.95. The molecule has 3 saturated heterocycles. The number of hydrogen-bond donors (Lipinski definition) is 1. The van der Waals surface area contributed by atoms with Crippen LogP contribution in [0, 0.1) is 0 Å². The maximum absolute atomic E-state index is 14.6. The number of hydrogen-bond acceptors (Lipinski definition) is 6. The third kappa shape index (κ3) is 8.47. The summed E-state index contributed by atoms with van der Waals surface area (Å²) >= 11 is 0. The fourth-order valence-corrected chi connectivity index (χ4v) is 7.54. The van der Waals surface area contributed by atoms with Crippen molar-refractivity contribution in [3.8, 4) is 0 Å². The molecule has 1 N–H and O–H groups in total. The zero-order chi connectivity index (χ0) is 39.2. The maximum atomic E-state index is 14.6. The molecule has 0 aliphatic carbocycles. The summed E-state index contributed by atoms with van der Waals surface area (Å²) in [5, 5.41) is 2.65. The van der Waals surface area contributed by atoms with Crippen molar-refractivity contribution >= 4 is 29.9 Å². The first-order valence-electron chi connectivity index (χ1n) is 18.6. The minimum atomic E-state index is -4.59. The van der Waals surface area contributed by atoms with E-state index < -0.39 is 59.7 Å². The van der Waals surface area contributed by atoms with Crippen LogP contribution in [0.15, 0.2) is 121 Å². The first kappa shape index (κ1) is 38.3. The number of piperazine rings is 1. The highest BCUT2D eigenvalue weighted by Crippen LogP contribution is 2.39. The Balaban J connectivity index is 1.17. The molecular formula is C43H42F3N5O5. The van der Waals surface area contributed by atoms with E-state index >= 15 is 0 Å². The summed E-state index contributed by atoms with van der Waals surface area (Å²) in [6.45, 7) is 2.17. The Morgan fingerprint density at radius 2 is 1.46 bits per heavy atom. The van der Waals surface area contributed by atoms with Crippen molar-refractivity contribution in [1.29, 1.82) is 0 Å². The van der Waals surface area contributed by atoms with E-state index in [9.17, 15) is 32.3 Å². The largest absolute Gasteiger partial charge is 0.447 e. The molecule has 4 aromatic carbocycles. The molecule has 0 bridgehead atoms. The molecular weight excluding hydrogens is 723 g/mol. The second kappa shape index (κ2) is 16.8. The molecule has 0 radical (unpaired) electrons. The number of ether oxygens (including phenoxy) is 1. The monoisotopic (exact) mass is 765 g/mol. The van der Waals surface area contributed by atoms with E-state index in [0.29, 0.717) is 26.2 Å². The number of rotatable bonds is 12. The lowest BCUT2D eigenvalue weighted by Crippen LogP contribution is -2.76. The lowest BCUT2D eigenvalue weighted by atomic mass is 9.87. The second-order valence-corrected chi connectivity index (χ2v) is 14.1. The third-order valence-electron chi connectivity index (χ3n) is 10.6. The van der Waals surface area contributed by atoms with Gasteiger partial charge in [-0.25, -0.2) is 4.79 Å². The first-order chi connectivity index (χ1) is 27.1. The lowest BCUT2D eigenvalue weighted by molar-refractivity contribution is -0.169. The van der Waals surface area contributed by atoms with Crippen LogP contribution in [0.25, 0.3) is 6.08 Å². The van der Waals surface area contributed by atoms with Gasteiger partial charge in [0.15, 0.2) is 6.04 Å². The van der Waals surface area contributed by atoms with Gasteiger partial charge >= 0.3 is 12.3 Å². The van der Waals surface area contributed by atoms with Gasteiger partial charge < -0.3 is 19.9 Å². The molecule has 4 amide bonds. The minimum absolute atomic E-state index is 0.0101. The average molecular weight is 766 g/mol. The SMILES string of the molecule is O=C(NCc1cccc(C(F)(F)F)c1)C(C(=O)N1CCN(CCc2ccccc2)CC1)N1C(=O)[C@@H](N2C(=O)OC[C@H]2c2ccccc2)[C@H]1/C=C/c1ccccc1. The Morgan fingerprint density at radius 3 is 2.14 bits per heavy atom. The van der Waals surface area contributed by atoms with E-state index in [1.807, 2.05) is 78.9 Å². The Morgan fingerprint density at radius 1 is 0.821 bits per heavy atom. The van der Waals surface area contributed by atoms with Crippen LogP contribution in [0.4, 0.5) is 18.0 Å². The predicted molar refractivity (Wildman–Crippen MR) is 203 cm³/mol. The smallest absolute Gasteiger partial charge is 0.416 e. The fourth-order valence-electron chi connectivity index (χ4n) is 7.54. The summed E-state index contributed by atoms with van der Waals surface area (Å²) in [5.74, 6) is -2.07. The highest BCUT2D eigenvalue weighted by Gasteiger charge is 2.59. The highest BCUT2D eigenvalue weighted by molar-refractivity contribution is 6.09. The fraction of sp³-hybridized carbons (Fsp3) is 0.302. The molecule has 7 rings (SSSR count). The van der Waals surface area contributed by atoms with Crippen LogP contribution in [0.5, 0.6) is 0 Å². The summed E-state index contributed by atoms with van der Waals surface area (Å²) in [6.07, 6.45) is -0.982. The molecule has 0 saturated carbocycles. The van der Waals surface area contributed by atoms with Gasteiger partial charge in [0.2, 0.25) is 5.91 Å². The number of likely N-dealkylation sites (tertiary alicyclic amines) is 1. The molecule has 10 nitrogen and oxygen atoms in total. The quantitative estimate of drug-likeness (QED) is 0.150. The summed E-state index contributed by atoms with van der Waals surface area (Å²) < 4.78 is 46.0. The Bertz CT molecular complexity index is 2040. The number of cyclic esters (lactones) is 1. The van der Waals surface area contributed by atoms with Crippen molar-refractivity contribution in [2.75, 3.05) is 39.3 Å². The highest BCUT2D eigenvalue weighted by atomic mass is 19.4. The van der Waals surface area contributed by atoms with Crippen molar-refractivity contribution in [2.24, 2.45) is 0 Å². The molecule has 3 fully saturated rings. The van der Waals surface area contributed by atoms with E-state index in [0.717, 1.165) is 36.2 Å². The van der Waals surface area contributed by atoms with Gasteiger partial charge in [-0.1, -0.05) is 115 Å². The number of nitrogens with one attached hydrogen (secondary N) is 1. The van der Waals surface area contributed by atoms with Gasteiger partial charge in [-0.2, -0.15) is 13.2 Å². The second-order valence-electron chi connectivity index (χ2n) is 14.1. The standard InChI is InChI=1S/C43H42F3N5O5/c44-43(45,46)34-18-10-15-32(27-34)28-47-39(52)38(40(53)49-25-23-48(24-26-49)22-21-31-13-6-2-7-14-31)50-35(20-19-30-11-4-1-5-12-30)37(41(50)54)51-36(29-56-42(51)55)33-16-8-3-9-17-33/h1-20,27,35-38H,21-26,28-29H2,(H,47,52)/b20-19+/t35-,36+,37+,38?/m1/s1. The number of alkyl halides is 3. The van der Waals surface area contributed by atoms with E-state index in [1.165, 1.54) is 27.5 Å². The minimum Gasteiger partial charge on any atom is -0.447 e. The summed E-state index contributed by atoms with van der Waals surface area (Å²) in [7, 11) is 0. The van der Waals surface area contributed by atoms with Crippen LogP contribution in [-0.4, -0.2) is 101 Å². The zero-order valence-corrected chi connectivity index (χ0v) is 30.6. The van der Waals surface area contributed by atoms with E-state index in [4.69, 9.17) is 4.74 Å². The predicted octanol–water partition coefficient (Wildman–Crippen LogP) is 5.56. The van der Waals surface area contributed by atoms with E-state index in [-0.39, 0.29) is 18.7 Å². The number of carbonyl (C=O) groups excluding carboxylic acids is 4. The van der Waals surface area contributed by atoms with Gasteiger partial charge in [0.25, 0.3) is 11.8 Å². The molecule has 4 aromatic rings. The van der Waals surface area contributed by atoms with Crippen LogP contribution in [0.1, 0.15) is 33.9 Å². The van der Waals surface area contributed by atoms with Gasteiger partial charge in [0.05, 0.1) is 17.6 Å². The van der Waals surface area contributed by atoms with Crippen LogP contribution < -0.4 is 5.32 Å². The molecule has 3 aliphatic rings. The van der Waals surface area contributed by atoms with Gasteiger partial charge in [-0.05, 0) is 40.8 Å². The lowest BCUT2D eigenvalue weighted by Gasteiger charge is -2.52. The summed E-state index contributed by atoms with van der Waals surface area (Å²) in [4.78, 5) is 63.0. The van der Waals surface area contributed by atoms with E-state index in [2.05, 4.69) is 22.3 Å². The molecule has 0 spiro atoms. The number of benzene rings is 4. The number of carbonyl (C=O) groups is 4. The van der Waals surface area contributed by atoms with Gasteiger partial charge in [-0.15, -0.1) is 0 Å². The Kier molecular flexibility index (Phi) is 11.5. The first-order valence-corrected chi connectivity index (χ1v) is 18.6. The summed E-state index contributed by atoms with van der Waals surface area (Å²) in [6, 6.07) is 28.7. The van der Waals surface area contributed by atoms with Gasteiger partial charge in [-0.3, -0.25) is 24.2 Å².